The average molecular weight is 184 g/mol. The first-order valence-corrected chi connectivity index (χ1v) is 6.83. The molecular weight excluding hydrogens is 168 g/mol. The highest BCUT2D eigenvalue weighted by molar-refractivity contribution is 8.03. The van der Waals surface area contributed by atoms with Gasteiger partial charge in [-0.25, -0.2) is 0 Å². The Hall–Kier alpha value is 0.460. The minimum atomic E-state index is -2.13. The summed E-state index contributed by atoms with van der Waals surface area (Å²) in [6.45, 7) is 3.70. The van der Waals surface area contributed by atoms with Gasteiger partial charge in [0, 0.05) is 6.26 Å². The number of hydrogen-bond donors (Lipinski definition) is 1. The van der Waals surface area contributed by atoms with Crippen molar-refractivity contribution in [3.05, 3.63) is 0 Å². The van der Waals surface area contributed by atoms with Gasteiger partial charge >= 0.3 is 0 Å². The van der Waals surface area contributed by atoms with Gasteiger partial charge in [-0.15, -0.1) is 0 Å². The molecule has 0 aliphatic heterocycles. The van der Waals surface area contributed by atoms with E-state index in [4.69, 9.17) is 4.18 Å². The topological polar surface area (TPSA) is 26.3 Å². The highest BCUT2D eigenvalue weighted by Crippen LogP contribution is 2.25. The van der Waals surface area contributed by atoms with E-state index in [2.05, 4.69) is 0 Å². The molecule has 0 saturated carbocycles. The van der Waals surface area contributed by atoms with E-state index in [0.29, 0.717) is 0 Å². The normalized spacial score (nSPS) is 15.3. The van der Waals surface area contributed by atoms with Crippen LogP contribution in [0.15, 0.2) is 0 Å². The maximum absolute atomic E-state index is 11.5. The van der Waals surface area contributed by atoms with Crippen LogP contribution >= 0.6 is 12.0 Å². The number of thiol groups is 1. The molecule has 0 aromatic carbocycles. The molecule has 0 radical (unpaired) electrons. The Morgan fingerprint density at radius 3 is 1.90 bits per heavy atom. The lowest BCUT2D eigenvalue weighted by Gasteiger charge is -2.31. The zero-order chi connectivity index (χ0) is 8.41. The van der Waals surface area contributed by atoms with Gasteiger partial charge in [-0.2, -0.15) is 0 Å². The second-order valence-corrected chi connectivity index (χ2v) is 7.33. The lowest BCUT2D eigenvalue weighted by Crippen LogP contribution is -2.36. The summed E-state index contributed by atoms with van der Waals surface area (Å²) < 4.78 is 16.7. The molecule has 0 bridgehead atoms. The van der Waals surface area contributed by atoms with Crippen molar-refractivity contribution in [2.45, 2.75) is 18.8 Å². The van der Waals surface area contributed by atoms with Crippen LogP contribution in [0.1, 0.15) is 13.8 Å². The zero-order valence-corrected chi connectivity index (χ0v) is 8.88. The van der Waals surface area contributed by atoms with Crippen LogP contribution in [0.3, 0.4) is 0 Å². The molecule has 0 aliphatic carbocycles. The molecular formula is C6H16O2S2. The van der Waals surface area contributed by atoms with Crippen molar-refractivity contribution < 1.29 is 8.39 Å². The van der Waals surface area contributed by atoms with Gasteiger partial charge < -0.3 is 0 Å². The van der Waals surface area contributed by atoms with Crippen molar-refractivity contribution in [1.29, 1.82) is 0 Å². The standard InChI is InChI=1S/C6H16O2S2/c1-6(2,8-9-3)10(4,5)7/h10H,1-5H3. The highest BCUT2D eigenvalue weighted by Gasteiger charge is 2.28. The van der Waals surface area contributed by atoms with E-state index in [9.17, 15) is 4.21 Å². The van der Waals surface area contributed by atoms with E-state index >= 15 is 0 Å². The summed E-state index contributed by atoms with van der Waals surface area (Å²) in [4.78, 5) is -0.494. The first kappa shape index (κ1) is 10.5. The van der Waals surface area contributed by atoms with E-state index in [1.807, 2.05) is 20.1 Å². The van der Waals surface area contributed by atoms with Gasteiger partial charge in [0.2, 0.25) is 0 Å². The van der Waals surface area contributed by atoms with E-state index in [1.54, 1.807) is 12.5 Å². The molecule has 0 spiro atoms. The first-order chi connectivity index (χ1) is 4.31. The fourth-order valence-corrected chi connectivity index (χ4v) is 1.64. The fourth-order valence-electron chi connectivity index (χ4n) is 0.294. The summed E-state index contributed by atoms with van der Waals surface area (Å²) in [5.74, 6) is 0. The molecule has 2 nitrogen and oxygen atoms in total. The van der Waals surface area contributed by atoms with Crippen molar-refractivity contribution in [3.63, 3.8) is 0 Å². The smallest absolute Gasteiger partial charge is 0.129 e. The molecule has 0 N–H and O–H groups in total. The quantitative estimate of drug-likeness (QED) is 0.529. The Kier molecular flexibility index (Phi) is 3.39. The van der Waals surface area contributed by atoms with Crippen LogP contribution in [0, 0.1) is 0 Å². The maximum Gasteiger partial charge on any atom is 0.129 e. The molecule has 0 rings (SSSR count). The molecule has 0 unspecified atom stereocenters. The summed E-state index contributed by atoms with van der Waals surface area (Å²) in [5, 5.41) is 0. The van der Waals surface area contributed by atoms with Crippen molar-refractivity contribution in [3.8, 4) is 0 Å². The highest BCUT2D eigenvalue weighted by atomic mass is 32.2. The van der Waals surface area contributed by atoms with Crippen LogP contribution in [-0.4, -0.2) is 27.9 Å². The first-order valence-electron chi connectivity index (χ1n) is 3.08. The third kappa shape index (κ3) is 2.60. The van der Waals surface area contributed by atoms with Gasteiger partial charge in [0.05, 0.1) is 0 Å². The van der Waals surface area contributed by atoms with E-state index in [-0.39, 0.29) is 0 Å². The minimum absolute atomic E-state index is 0.494. The predicted molar refractivity (Wildman–Crippen MR) is 50.1 cm³/mol. The van der Waals surface area contributed by atoms with E-state index in [0.717, 1.165) is 0 Å². The maximum atomic E-state index is 11.5. The van der Waals surface area contributed by atoms with Gasteiger partial charge in [0.25, 0.3) is 0 Å². The minimum Gasteiger partial charge on any atom is -0.298 e. The van der Waals surface area contributed by atoms with E-state index in [1.165, 1.54) is 12.0 Å². The van der Waals surface area contributed by atoms with Crippen LogP contribution in [0.5, 0.6) is 0 Å². The fraction of sp³-hybridized carbons (Fsp3) is 1.00. The number of hydrogen-bond acceptors (Lipinski definition) is 3. The summed E-state index contributed by atoms with van der Waals surface area (Å²) in [7, 11) is -2.13. The zero-order valence-electron chi connectivity index (χ0n) is 7.17. The largest absolute Gasteiger partial charge is 0.298 e. The second kappa shape index (κ2) is 3.24. The van der Waals surface area contributed by atoms with Crippen LogP contribution in [0.2, 0.25) is 0 Å². The van der Waals surface area contributed by atoms with Crippen molar-refractivity contribution in [2.24, 2.45) is 0 Å². The Bertz CT molecular complexity index is 148. The molecule has 0 aromatic rings. The Morgan fingerprint density at radius 2 is 1.80 bits per heavy atom. The summed E-state index contributed by atoms with van der Waals surface area (Å²) in [6.07, 6.45) is 5.31. The molecule has 0 amide bonds. The summed E-state index contributed by atoms with van der Waals surface area (Å²) in [5.41, 5.74) is 0. The van der Waals surface area contributed by atoms with E-state index < -0.39 is 14.9 Å². The lowest BCUT2D eigenvalue weighted by molar-refractivity contribution is 0.240. The summed E-state index contributed by atoms with van der Waals surface area (Å²) in [6, 6.07) is 0. The molecule has 0 aromatic heterocycles. The molecule has 0 heterocycles. The van der Waals surface area contributed by atoms with Gasteiger partial charge in [0.1, 0.15) is 4.93 Å². The molecule has 10 heavy (non-hydrogen) atoms. The molecule has 0 atom stereocenters. The second-order valence-electron chi connectivity index (χ2n) is 3.05. The molecule has 4 heteroatoms. The third-order valence-corrected chi connectivity index (χ3v) is 4.98. The van der Waals surface area contributed by atoms with Crippen LogP contribution in [0.4, 0.5) is 0 Å². The lowest BCUT2D eigenvalue weighted by atomic mass is 10.5. The van der Waals surface area contributed by atoms with Crippen LogP contribution in [0.25, 0.3) is 0 Å². The molecule has 0 saturated heterocycles. The van der Waals surface area contributed by atoms with Gasteiger partial charge in [-0.05, 0) is 38.4 Å². The molecule has 64 valence electrons. The van der Waals surface area contributed by atoms with Crippen LogP contribution < -0.4 is 0 Å². The monoisotopic (exact) mass is 184 g/mol. The summed E-state index contributed by atoms with van der Waals surface area (Å²) >= 11 is 1.26. The number of rotatable bonds is 3. The third-order valence-electron chi connectivity index (χ3n) is 1.58. The predicted octanol–water partition coefficient (Wildman–Crippen LogP) is 1.29. The Labute approximate surface area is 68.4 Å². The Balaban J connectivity index is 4.25. The van der Waals surface area contributed by atoms with Crippen molar-refractivity contribution >= 4 is 22.0 Å². The van der Waals surface area contributed by atoms with Crippen molar-refractivity contribution in [2.75, 3.05) is 18.8 Å². The average Bonchev–Trinajstić information content (AvgIpc) is 1.61. The Morgan fingerprint density at radius 1 is 1.40 bits per heavy atom. The van der Waals surface area contributed by atoms with Crippen LogP contribution in [-0.2, 0) is 14.1 Å². The SMILES string of the molecule is CSOC(C)(C)[SH](C)(C)=O. The molecule has 0 aliphatic rings. The van der Waals surface area contributed by atoms with Gasteiger partial charge in [-0.1, -0.05) is 9.93 Å². The van der Waals surface area contributed by atoms with Crippen molar-refractivity contribution in [1.82, 2.24) is 0 Å². The van der Waals surface area contributed by atoms with Gasteiger partial charge in [-0.3, -0.25) is 8.39 Å². The molecule has 0 fully saturated rings. The van der Waals surface area contributed by atoms with Gasteiger partial charge in [0.15, 0.2) is 0 Å².